The second kappa shape index (κ2) is 8.51. The average molecular weight is 494 g/mol. The highest BCUT2D eigenvalue weighted by Gasteiger charge is 2.63. The molecule has 11 nitrogen and oxygen atoms in total. The van der Waals surface area contributed by atoms with Crippen LogP contribution in [0.3, 0.4) is 0 Å². The maximum atomic E-state index is 14.0. The smallest absolute Gasteiger partial charge is 0.331 e. The number of piperazine rings is 1. The topological polar surface area (TPSA) is 125 Å². The second-order valence-electron chi connectivity index (χ2n) is 9.60. The number of rotatable bonds is 4. The lowest BCUT2D eigenvalue weighted by Crippen LogP contribution is -2.75. The van der Waals surface area contributed by atoms with Crippen molar-refractivity contribution in [1.82, 2.24) is 10.2 Å². The number of urea groups is 1. The van der Waals surface area contributed by atoms with Crippen LogP contribution >= 0.6 is 0 Å². The van der Waals surface area contributed by atoms with Crippen LogP contribution in [0, 0.1) is 15.5 Å². The molecular formula is C25H27N5O6. The number of nitro groups is 1. The number of nitro benzene ring substituents is 1. The first-order chi connectivity index (χ1) is 17.2. The third-order valence-corrected chi connectivity index (χ3v) is 7.40. The molecule has 2 unspecified atom stereocenters. The number of hydrogen-bond acceptors (Lipinski definition) is 8. The lowest BCUT2D eigenvalue weighted by Gasteiger charge is -2.56. The number of hydrogen-bond donors (Lipinski definition) is 1. The minimum absolute atomic E-state index is 0.0389. The molecule has 5 rings (SSSR count). The number of nitrogens with one attached hydrogen (secondary N) is 1. The van der Waals surface area contributed by atoms with Crippen LogP contribution in [0.5, 0.6) is 5.75 Å². The summed E-state index contributed by atoms with van der Waals surface area (Å²) in [6, 6.07) is 10.3. The van der Waals surface area contributed by atoms with E-state index >= 15 is 0 Å². The Morgan fingerprint density at radius 3 is 2.47 bits per heavy atom. The fourth-order valence-corrected chi connectivity index (χ4v) is 5.64. The maximum absolute atomic E-state index is 14.0. The van der Waals surface area contributed by atoms with E-state index in [1.165, 1.54) is 12.1 Å². The monoisotopic (exact) mass is 493 g/mol. The van der Waals surface area contributed by atoms with Gasteiger partial charge >= 0.3 is 6.03 Å². The zero-order chi connectivity index (χ0) is 25.8. The molecule has 1 N–H and O–H groups in total. The molecule has 3 aliphatic heterocycles. The normalized spacial score (nSPS) is 23.5. The molecule has 0 bridgehead atoms. The molecule has 3 heterocycles. The zero-order valence-corrected chi connectivity index (χ0v) is 20.3. The van der Waals surface area contributed by atoms with Crippen LogP contribution in [0.15, 0.2) is 42.5 Å². The van der Waals surface area contributed by atoms with Gasteiger partial charge in [0.1, 0.15) is 5.75 Å². The number of methoxy groups -OCH3 is 1. The van der Waals surface area contributed by atoms with Crippen molar-refractivity contribution in [2.45, 2.75) is 32.4 Å². The van der Waals surface area contributed by atoms with Crippen LogP contribution in [-0.4, -0.2) is 66.5 Å². The molecule has 0 aliphatic carbocycles. The summed E-state index contributed by atoms with van der Waals surface area (Å²) in [5.74, 6) is -0.525. The Morgan fingerprint density at radius 2 is 1.83 bits per heavy atom. The summed E-state index contributed by atoms with van der Waals surface area (Å²) in [4.78, 5) is 56.4. The first-order valence-electron chi connectivity index (χ1n) is 11.8. The van der Waals surface area contributed by atoms with Gasteiger partial charge in [-0.2, -0.15) is 0 Å². The first-order valence-corrected chi connectivity index (χ1v) is 11.8. The molecule has 2 aromatic carbocycles. The Morgan fingerprint density at radius 1 is 1.11 bits per heavy atom. The van der Waals surface area contributed by atoms with Crippen molar-refractivity contribution in [1.29, 1.82) is 0 Å². The Balaban J connectivity index is 1.63. The third-order valence-electron chi connectivity index (χ3n) is 7.40. The maximum Gasteiger partial charge on any atom is 0.331 e. The summed E-state index contributed by atoms with van der Waals surface area (Å²) in [6.45, 7) is 4.87. The molecule has 36 heavy (non-hydrogen) atoms. The van der Waals surface area contributed by atoms with Crippen LogP contribution in [0.25, 0.3) is 0 Å². The summed E-state index contributed by atoms with van der Waals surface area (Å²) in [7, 11) is 1.59. The predicted molar refractivity (Wildman–Crippen MR) is 131 cm³/mol. The van der Waals surface area contributed by atoms with Crippen LogP contribution in [-0.2, 0) is 16.0 Å². The van der Waals surface area contributed by atoms with Crippen LogP contribution < -0.4 is 19.9 Å². The number of anilines is 2. The first kappa shape index (κ1) is 23.6. The quantitative estimate of drug-likeness (QED) is 0.391. The summed E-state index contributed by atoms with van der Waals surface area (Å²) in [6.07, 6.45) is -0.0389. The number of benzene rings is 2. The standard InChI is InChI=1S/C25H27N5O6/c1-15(2)29-23(32)25(22(31)26-24(29)33)13-16-12-18(30(34)35)6-9-20(16)28-11-10-27(14-21(25)28)17-4-7-19(36-3)8-5-17/h4-9,12,15,21H,10-11,13-14H2,1-3H3,(H,26,31,33). The van der Waals surface area contributed by atoms with Crippen molar-refractivity contribution < 1.29 is 24.0 Å². The fraction of sp³-hybridized carbons (Fsp3) is 0.400. The molecule has 11 heteroatoms. The number of non-ortho nitro benzene ring substituents is 1. The molecule has 2 aromatic rings. The van der Waals surface area contributed by atoms with Crippen LogP contribution in [0.4, 0.5) is 21.9 Å². The Bertz CT molecular complexity index is 1260. The van der Waals surface area contributed by atoms with Gasteiger partial charge in [0.25, 0.3) is 5.69 Å². The lowest BCUT2D eigenvalue weighted by atomic mass is 9.67. The van der Waals surface area contributed by atoms with Crippen molar-refractivity contribution in [3.05, 3.63) is 58.1 Å². The summed E-state index contributed by atoms with van der Waals surface area (Å²) < 4.78 is 5.26. The van der Waals surface area contributed by atoms with E-state index in [-0.39, 0.29) is 12.1 Å². The molecule has 2 fully saturated rings. The highest BCUT2D eigenvalue weighted by molar-refractivity contribution is 6.20. The second-order valence-corrected chi connectivity index (χ2v) is 9.60. The van der Waals surface area contributed by atoms with Gasteiger partial charge in [-0.25, -0.2) is 4.79 Å². The number of barbiturate groups is 1. The number of amides is 4. The highest BCUT2D eigenvalue weighted by Crippen LogP contribution is 2.47. The number of fused-ring (bicyclic) bond motifs is 4. The van der Waals surface area contributed by atoms with E-state index in [0.29, 0.717) is 25.2 Å². The minimum Gasteiger partial charge on any atom is -0.497 e. The molecule has 4 amide bonds. The van der Waals surface area contributed by atoms with Gasteiger partial charge in [0.2, 0.25) is 11.8 Å². The van der Waals surface area contributed by atoms with Gasteiger partial charge in [-0.1, -0.05) is 0 Å². The van der Waals surface area contributed by atoms with Crippen LogP contribution in [0.1, 0.15) is 19.4 Å². The van der Waals surface area contributed by atoms with Gasteiger partial charge < -0.3 is 14.5 Å². The SMILES string of the molecule is COc1ccc(N2CCN3c4ccc([N+](=O)[O-])cc4CC4(C(=O)NC(=O)N(C(C)C)C4=O)C3C2)cc1. The number of carbonyl (C=O) groups is 3. The molecule has 2 saturated heterocycles. The summed E-state index contributed by atoms with van der Waals surface area (Å²) in [5.41, 5.74) is 0.491. The molecule has 1 spiro atoms. The van der Waals surface area contributed by atoms with E-state index in [2.05, 4.69) is 10.2 Å². The summed E-state index contributed by atoms with van der Waals surface area (Å²) >= 11 is 0. The molecule has 0 aromatic heterocycles. The largest absolute Gasteiger partial charge is 0.497 e. The van der Waals surface area contributed by atoms with E-state index in [1.54, 1.807) is 27.0 Å². The van der Waals surface area contributed by atoms with Crippen LogP contribution in [0.2, 0.25) is 0 Å². The molecule has 0 saturated carbocycles. The van der Waals surface area contributed by atoms with Crippen molar-refractivity contribution in [2.24, 2.45) is 5.41 Å². The average Bonchev–Trinajstić information content (AvgIpc) is 2.86. The number of carbonyl (C=O) groups excluding carboxylic acids is 3. The molecule has 3 aliphatic rings. The van der Waals surface area contributed by atoms with Gasteiger partial charge in [0.05, 0.1) is 18.1 Å². The van der Waals surface area contributed by atoms with Gasteiger partial charge in [-0.3, -0.25) is 29.9 Å². The molecule has 188 valence electrons. The highest BCUT2D eigenvalue weighted by atomic mass is 16.6. The Kier molecular flexibility index (Phi) is 5.57. The zero-order valence-electron chi connectivity index (χ0n) is 20.3. The van der Waals surface area contributed by atoms with Gasteiger partial charge in [-0.05, 0) is 49.7 Å². The van der Waals surface area contributed by atoms with Gasteiger partial charge in [-0.15, -0.1) is 0 Å². The van der Waals surface area contributed by atoms with Crippen molar-refractivity contribution >= 4 is 34.9 Å². The third kappa shape index (κ3) is 3.45. The Labute approximate surface area is 207 Å². The minimum atomic E-state index is -1.62. The van der Waals surface area contributed by atoms with Crippen molar-refractivity contribution in [3.8, 4) is 5.75 Å². The van der Waals surface area contributed by atoms with E-state index in [0.717, 1.165) is 22.0 Å². The molecule has 0 radical (unpaired) electrons. The summed E-state index contributed by atoms with van der Waals surface area (Å²) in [5, 5.41) is 13.9. The van der Waals surface area contributed by atoms with Gasteiger partial charge in [0.15, 0.2) is 5.41 Å². The van der Waals surface area contributed by atoms with Crippen molar-refractivity contribution in [3.63, 3.8) is 0 Å². The lowest BCUT2D eigenvalue weighted by molar-refractivity contribution is -0.384. The predicted octanol–water partition coefficient (Wildman–Crippen LogP) is 2.33. The van der Waals surface area contributed by atoms with E-state index in [4.69, 9.17) is 4.74 Å². The number of imide groups is 2. The fourth-order valence-electron chi connectivity index (χ4n) is 5.64. The Hall–Kier alpha value is -4.15. The molecule has 2 atom stereocenters. The number of nitrogens with zero attached hydrogens (tertiary/aromatic N) is 4. The van der Waals surface area contributed by atoms with Gasteiger partial charge in [0, 0.05) is 55.6 Å². The van der Waals surface area contributed by atoms with E-state index in [9.17, 15) is 24.5 Å². The van der Waals surface area contributed by atoms with Crippen molar-refractivity contribution in [2.75, 3.05) is 36.5 Å². The van der Waals surface area contributed by atoms with E-state index in [1.807, 2.05) is 29.2 Å². The van der Waals surface area contributed by atoms with E-state index < -0.39 is 40.3 Å². The molecular weight excluding hydrogens is 466 g/mol. The number of ether oxygens (including phenoxy) is 1.